The quantitative estimate of drug-likeness (QED) is 0.0646. The molecule has 0 saturated heterocycles. The molecule has 0 radical (unpaired) electrons. The van der Waals surface area contributed by atoms with E-state index in [0.717, 1.165) is 64.2 Å². The number of hydrogen-bond acceptors (Lipinski definition) is 8. The minimum atomic E-state index is -1.23. The molecule has 2 atom stereocenters. The van der Waals surface area contributed by atoms with Crippen LogP contribution < -0.4 is 22.9 Å². The average Bonchev–Trinajstić information content (AvgIpc) is 2.89. The number of nitrogens with two attached hydrogens (primary N) is 4. The highest BCUT2D eigenvalue weighted by Crippen LogP contribution is 2.14. The Hall–Kier alpha value is -1.30. The van der Waals surface area contributed by atoms with Crippen molar-refractivity contribution in [3.05, 3.63) is 0 Å². The van der Waals surface area contributed by atoms with Crippen molar-refractivity contribution in [3.8, 4) is 0 Å². The maximum absolute atomic E-state index is 10.6. The van der Waals surface area contributed by atoms with Crippen LogP contribution in [0.3, 0.4) is 0 Å². The molecule has 0 amide bonds. The maximum atomic E-state index is 10.6. The fourth-order valence-electron chi connectivity index (χ4n) is 3.77. The third-order valence-corrected chi connectivity index (χ3v) is 6.22. The summed E-state index contributed by atoms with van der Waals surface area (Å²) < 4.78 is 0. The molecule has 38 heavy (non-hydrogen) atoms. The number of carboxylic acids is 2. The van der Waals surface area contributed by atoms with Gasteiger partial charge in [-0.2, -0.15) is 0 Å². The molecule has 0 heterocycles. The Labute approximate surface area is 231 Å². The van der Waals surface area contributed by atoms with E-state index < -0.39 is 17.9 Å². The summed E-state index contributed by atoms with van der Waals surface area (Å²) in [6, 6.07) is 0.464. The molecule has 10 nitrogen and oxygen atoms in total. The summed E-state index contributed by atoms with van der Waals surface area (Å²) in [4.78, 5) is 21.3. The summed E-state index contributed by atoms with van der Waals surface area (Å²) in [7, 11) is 0. The van der Waals surface area contributed by atoms with E-state index in [9.17, 15) is 9.59 Å². The standard InChI is InChI=1S/C14H26O4.2C7H18N2O/c1-2-3-4-5-6-7-8-9-10-11-12(13(15)16)14(17)18;2*8-5-1-3-7(9)4-2-6-10/h12H,2-11H2,1H3,(H,15,16)(H,17,18);2*7,10H,1-6,8-9H2. The van der Waals surface area contributed by atoms with Crippen molar-refractivity contribution in [1.82, 2.24) is 0 Å². The lowest BCUT2D eigenvalue weighted by Crippen LogP contribution is -2.23. The van der Waals surface area contributed by atoms with Gasteiger partial charge in [-0.25, -0.2) is 0 Å². The van der Waals surface area contributed by atoms with Gasteiger partial charge in [0.05, 0.1) is 0 Å². The summed E-state index contributed by atoms with van der Waals surface area (Å²) in [5, 5.41) is 34.3. The van der Waals surface area contributed by atoms with Gasteiger partial charge >= 0.3 is 11.9 Å². The second kappa shape index (κ2) is 33.7. The maximum Gasteiger partial charge on any atom is 0.317 e. The van der Waals surface area contributed by atoms with Crippen LogP contribution in [0.1, 0.15) is 122 Å². The van der Waals surface area contributed by atoms with Crippen molar-refractivity contribution in [1.29, 1.82) is 0 Å². The fourth-order valence-corrected chi connectivity index (χ4v) is 3.77. The van der Waals surface area contributed by atoms with Crippen LogP contribution >= 0.6 is 0 Å². The predicted octanol–water partition coefficient (Wildman–Crippen LogP) is 3.34. The van der Waals surface area contributed by atoms with E-state index in [4.69, 9.17) is 43.4 Å². The van der Waals surface area contributed by atoms with E-state index in [2.05, 4.69) is 6.92 Å². The Bertz CT molecular complexity index is 452. The molecule has 2 unspecified atom stereocenters. The van der Waals surface area contributed by atoms with Gasteiger partial charge in [0.1, 0.15) is 0 Å². The smallest absolute Gasteiger partial charge is 0.317 e. The Balaban J connectivity index is -0.000000522. The molecule has 230 valence electrons. The first-order valence-electron chi connectivity index (χ1n) is 14.8. The minimum Gasteiger partial charge on any atom is -0.481 e. The van der Waals surface area contributed by atoms with Crippen molar-refractivity contribution in [2.45, 2.75) is 135 Å². The number of hydrogen-bond donors (Lipinski definition) is 8. The van der Waals surface area contributed by atoms with Gasteiger partial charge in [0.2, 0.25) is 0 Å². The van der Waals surface area contributed by atoms with Gasteiger partial charge < -0.3 is 43.4 Å². The molecule has 0 fully saturated rings. The summed E-state index contributed by atoms with van der Waals surface area (Å²) >= 11 is 0. The van der Waals surface area contributed by atoms with Crippen molar-refractivity contribution in [3.63, 3.8) is 0 Å². The zero-order valence-corrected chi connectivity index (χ0v) is 24.2. The molecule has 0 bridgehead atoms. The van der Waals surface area contributed by atoms with Gasteiger partial charge in [-0.15, -0.1) is 0 Å². The topological polar surface area (TPSA) is 219 Å². The van der Waals surface area contributed by atoms with E-state index >= 15 is 0 Å². The second-order valence-corrected chi connectivity index (χ2v) is 9.96. The third-order valence-electron chi connectivity index (χ3n) is 6.22. The van der Waals surface area contributed by atoms with E-state index in [1.807, 2.05) is 0 Å². The fraction of sp³-hybridized carbons (Fsp3) is 0.929. The molecule has 0 aromatic rings. The van der Waals surface area contributed by atoms with Gasteiger partial charge in [-0.3, -0.25) is 9.59 Å². The number of rotatable bonds is 24. The molecule has 0 aliphatic carbocycles. The summed E-state index contributed by atoms with van der Waals surface area (Å²) in [5.41, 5.74) is 22.0. The van der Waals surface area contributed by atoms with E-state index in [1.54, 1.807) is 0 Å². The van der Waals surface area contributed by atoms with Crippen LogP contribution in [0, 0.1) is 5.92 Å². The van der Waals surface area contributed by atoms with Crippen molar-refractivity contribution < 1.29 is 30.0 Å². The SMILES string of the molecule is CCCCCCCCCCCC(C(=O)O)C(=O)O.NCCCC(N)CCCO.NCCCC(N)CCCO. The van der Waals surface area contributed by atoms with Crippen LogP contribution in [-0.2, 0) is 9.59 Å². The van der Waals surface area contributed by atoms with Crippen LogP contribution in [0.15, 0.2) is 0 Å². The molecule has 0 aliphatic heterocycles. The molecular formula is C28H62N4O6. The van der Waals surface area contributed by atoms with Crippen LogP contribution in [0.25, 0.3) is 0 Å². The molecule has 0 aromatic carbocycles. The average molecular weight is 551 g/mol. The largest absolute Gasteiger partial charge is 0.481 e. The summed E-state index contributed by atoms with van der Waals surface area (Å²) in [6.07, 6.45) is 17.9. The summed E-state index contributed by atoms with van der Waals surface area (Å²) in [5.74, 6) is -3.67. The predicted molar refractivity (Wildman–Crippen MR) is 156 cm³/mol. The van der Waals surface area contributed by atoms with E-state index in [-0.39, 0.29) is 31.7 Å². The first kappa shape index (κ1) is 41.2. The summed E-state index contributed by atoms with van der Waals surface area (Å²) in [6.45, 7) is 4.12. The van der Waals surface area contributed by atoms with Crippen molar-refractivity contribution >= 4 is 11.9 Å². The molecule has 0 spiro atoms. The first-order valence-corrected chi connectivity index (χ1v) is 14.8. The van der Waals surface area contributed by atoms with Gasteiger partial charge in [0.15, 0.2) is 5.92 Å². The molecular weight excluding hydrogens is 488 g/mol. The normalized spacial score (nSPS) is 12.2. The number of aliphatic carboxylic acids is 2. The van der Waals surface area contributed by atoms with Gasteiger partial charge in [0.25, 0.3) is 0 Å². The number of aliphatic hydroxyl groups excluding tert-OH is 2. The van der Waals surface area contributed by atoms with E-state index in [1.165, 1.54) is 38.5 Å². The lowest BCUT2D eigenvalue weighted by atomic mass is 10.00. The number of unbranched alkanes of at least 4 members (excludes halogenated alkanes) is 8. The third kappa shape index (κ3) is 34.7. The Morgan fingerprint density at radius 3 is 1.21 bits per heavy atom. The number of carbonyl (C=O) groups is 2. The highest BCUT2D eigenvalue weighted by atomic mass is 16.4. The molecule has 0 aromatic heterocycles. The zero-order chi connectivity index (χ0) is 29.4. The number of carboxylic acid groups (broad SMARTS) is 2. The molecule has 0 aliphatic rings. The molecule has 0 saturated carbocycles. The van der Waals surface area contributed by atoms with Crippen molar-refractivity contribution in [2.24, 2.45) is 28.9 Å². The molecule has 10 heteroatoms. The second-order valence-electron chi connectivity index (χ2n) is 9.96. The van der Waals surface area contributed by atoms with Gasteiger partial charge in [-0.05, 0) is 70.9 Å². The molecule has 0 rings (SSSR count). The lowest BCUT2D eigenvalue weighted by Gasteiger charge is -2.08. The van der Waals surface area contributed by atoms with E-state index in [0.29, 0.717) is 19.5 Å². The zero-order valence-electron chi connectivity index (χ0n) is 24.2. The van der Waals surface area contributed by atoms with Gasteiger partial charge in [0, 0.05) is 25.3 Å². The Morgan fingerprint density at radius 2 is 0.895 bits per heavy atom. The van der Waals surface area contributed by atoms with Crippen LogP contribution in [0.5, 0.6) is 0 Å². The lowest BCUT2D eigenvalue weighted by molar-refractivity contribution is -0.154. The van der Waals surface area contributed by atoms with Crippen LogP contribution in [0.4, 0.5) is 0 Å². The van der Waals surface area contributed by atoms with Crippen molar-refractivity contribution in [2.75, 3.05) is 26.3 Å². The highest BCUT2D eigenvalue weighted by molar-refractivity contribution is 5.92. The van der Waals surface area contributed by atoms with Crippen LogP contribution in [0.2, 0.25) is 0 Å². The highest BCUT2D eigenvalue weighted by Gasteiger charge is 2.24. The Morgan fingerprint density at radius 1 is 0.553 bits per heavy atom. The molecule has 12 N–H and O–H groups in total. The van der Waals surface area contributed by atoms with Crippen LogP contribution in [-0.4, -0.2) is 70.8 Å². The minimum absolute atomic E-state index is 0.232. The van der Waals surface area contributed by atoms with Gasteiger partial charge in [-0.1, -0.05) is 64.7 Å². The Kier molecular flexibility index (Phi) is 36.6. The number of aliphatic hydroxyl groups is 2. The monoisotopic (exact) mass is 550 g/mol. The first-order chi connectivity index (χ1) is 18.2.